The standard InChI is InChI=1S/C17H20N6O3/c1-2-15(24)18-13-6-3-12(4-7-13)5-8-16(25)23-9-10-26-14(11-23)17-19-21-22-20-17/h2-4,6-7,14H,1,5,8-11H2,(H,18,24)(H,19,20,21,22). The van der Waals surface area contributed by atoms with E-state index >= 15 is 0 Å². The number of H-pyrrole nitrogens is 1. The SMILES string of the molecule is C=CC(=O)Nc1ccc(CCC(=O)N2CCOC(c3nn[nH]n3)C2)cc1. The predicted octanol–water partition coefficient (Wildman–Crippen LogP) is 0.857. The third kappa shape index (κ3) is 4.51. The van der Waals surface area contributed by atoms with Gasteiger partial charge in [-0.1, -0.05) is 23.9 Å². The van der Waals surface area contributed by atoms with Crippen molar-refractivity contribution in [3.63, 3.8) is 0 Å². The molecule has 2 heterocycles. The first-order chi connectivity index (χ1) is 12.7. The molecule has 1 unspecified atom stereocenters. The summed E-state index contributed by atoms with van der Waals surface area (Å²) in [5.41, 5.74) is 1.72. The van der Waals surface area contributed by atoms with Gasteiger partial charge in [0.15, 0.2) is 0 Å². The predicted molar refractivity (Wildman–Crippen MR) is 93.0 cm³/mol. The number of carbonyl (C=O) groups is 2. The molecular formula is C17H20N6O3. The number of aromatic nitrogens is 4. The minimum absolute atomic E-state index is 0.0610. The summed E-state index contributed by atoms with van der Waals surface area (Å²) < 4.78 is 5.60. The molecule has 0 spiro atoms. The zero-order valence-electron chi connectivity index (χ0n) is 14.2. The summed E-state index contributed by atoms with van der Waals surface area (Å²) in [6.45, 7) is 4.84. The quantitative estimate of drug-likeness (QED) is 0.742. The lowest BCUT2D eigenvalue weighted by molar-refractivity contribution is -0.139. The third-order valence-electron chi connectivity index (χ3n) is 4.10. The molecule has 2 amide bonds. The van der Waals surface area contributed by atoms with Crippen molar-refractivity contribution in [2.75, 3.05) is 25.0 Å². The van der Waals surface area contributed by atoms with Crippen LogP contribution >= 0.6 is 0 Å². The van der Waals surface area contributed by atoms with Crippen molar-refractivity contribution in [2.45, 2.75) is 18.9 Å². The molecule has 0 bridgehead atoms. The van der Waals surface area contributed by atoms with E-state index in [2.05, 4.69) is 32.5 Å². The number of rotatable bonds is 6. The van der Waals surface area contributed by atoms with E-state index in [4.69, 9.17) is 4.74 Å². The monoisotopic (exact) mass is 356 g/mol. The lowest BCUT2D eigenvalue weighted by atomic mass is 10.1. The van der Waals surface area contributed by atoms with Crippen LogP contribution in [0.1, 0.15) is 23.9 Å². The molecule has 2 aromatic rings. The van der Waals surface area contributed by atoms with Gasteiger partial charge in [-0.25, -0.2) is 0 Å². The normalized spacial score (nSPS) is 16.9. The number of carbonyl (C=O) groups excluding carboxylic acids is 2. The highest BCUT2D eigenvalue weighted by Gasteiger charge is 2.27. The number of nitrogens with one attached hydrogen (secondary N) is 2. The molecule has 1 aliphatic rings. The highest BCUT2D eigenvalue weighted by molar-refractivity contribution is 5.98. The average molecular weight is 356 g/mol. The van der Waals surface area contributed by atoms with Crippen molar-refractivity contribution >= 4 is 17.5 Å². The van der Waals surface area contributed by atoms with Gasteiger partial charge in [-0.2, -0.15) is 5.21 Å². The van der Waals surface area contributed by atoms with Gasteiger partial charge < -0.3 is 15.0 Å². The van der Waals surface area contributed by atoms with Crippen molar-refractivity contribution in [3.8, 4) is 0 Å². The Balaban J connectivity index is 1.50. The summed E-state index contributed by atoms with van der Waals surface area (Å²) >= 11 is 0. The van der Waals surface area contributed by atoms with Crippen molar-refractivity contribution in [3.05, 3.63) is 48.3 Å². The maximum atomic E-state index is 12.5. The van der Waals surface area contributed by atoms with Crippen LogP contribution in [0.15, 0.2) is 36.9 Å². The molecule has 3 rings (SSSR count). The Labute approximate surface area is 150 Å². The number of morpholine rings is 1. The van der Waals surface area contributed by atoms with Crippen LogP contribution in [0.2, 0.25) is 0 Å². The molecule has 0 saturated carbocycles. The second-order valence-electron chi connectivity index (χ2n) is 5.86. The van der Waals surface area contributed by atoms with Gasteiger partial charge in [0.2, 0.25) is 17.6 Å². The van der Waals surface area contributed by atoms with Gasteiger partial charge >= 0.3 is 0 Å². The first kappa shape index (κ1) is 17.7. The number of anilines is 1. The van der Waals surface area contributed by atoms with Gasteiger partial charge in [0.1, 0.15) is 6.10 Å². The molecule has 2 N–H and O–H groups in total. The van der Waals surface area contributed by atoms with E-state index in [9.17, 15) is 9.59 Å². The van der Waals surface area contributed by atoms with Gasteiger partial charge in [-0.05, 0) is 30.2 Å². The fourth-order valence-electron chi connectivity index (χ4n) is 2.70. The van der Waals surface area contributed by atoms with Crippen molar-refractivity contribution in [1.29, 1.82) is 0 Å². The summed E-state index contributed by atoms with van der Waals surface area (Å²) in [6, 6.07) is 7.41. The van der Waals surface area contributed by atoms with E-state index in [0.717, 1.165) is 5.56 Å². The van der Waals surface area contributed by atoms with Gasteiger partial charge in [0.05, 0.1) is 13.2 Å². The zero-order chi connectivity index (χ0) is 18.4. The molecule has 1 atom stereocenters. The second kappa shape index (κ2) is 8.34. The molecule has 1 fully saturated rings. The van der Waals surface area contributed by atoms with Crippen LogP contribution in [0.4, 0.5) is 5.69 Å². The number of amides is 2. The number of aromatic amines is 1. The molecule has 26 heavy (non-hydrogen) atoms. The topological polar surface area (TPSA) is 113 Å². The van der Waals surface area contributed by atoms with Crippen LogP contribution in [0.3, 0.4) is 0 Å². The number of nitrogens with zero attached hydrogens (tertiary/aromatic N) is 4. The molecule has 1 aromatic heterocycles. The van der Waals surface area contributed by atoms with Gasteiger partial charge in [-0.15, -0.1) is 10.2 Å². The van der Waals surface area contributed by atoms with E-state index in [0.29, 0.717) is 44.0 Å². The van der Waals surface area contributed by atoms with Crippen LogP contribution in [0, 0.1) is 0 Å². The average Bonchev–Trinajstić information content (AvgIpc) is 3.22. The largest absolute Gasteiger partial charge is 0.366 e. The molecule has 9 nitrogen and oxygen atoms in total. The molecule has 1 saturated heterocycles. The Hall–Kier alpha value is -3.07. The third-order valence-corrected chi connectivity index (χ3v) is 4.10. The smallest absolute Gasteiger partial charge is 0.247 e. The summed E-state index contributed by atoms with van der Waals surface area (Å²) in [5.74, 6) is 0.266. The van der Waals surface area contributed by atoms with E-state index in [1.165, 1.54) is 6.08 Å². The Bertz CT molecular complexity index is 759. The first-order valence-corrected chi connectivity index (χ1v) is 8.31. The fraction of sp³-hybridized carbons (Fsp3) is 0.353. The minimum Gasteiger partial charge on any atom is -0.366 e. The molecule has 0 radical (unpaired) electrons. The fourth-order valence-corrected chi connectivity index (χ4v) is 2.70. The summed E-state index contributed by atoms with van der Waals surface area (Å²) in [4.78, 5) is 25.5. The lowest BCUT2D eigenvalue weighted by Gasteiger charge is -2.31. The van der Waals surface area contributed by atoms with E-state index in [1.807, 2.05) is 24.3 Å². The van der Waals surface area contributed by atoms with Crippen LogP contribution in [-0.2, 0) is 20.7 Å². The highest BCUT2D eigenvalue weighted by Crippen LogP contribution is 2.19. The number of ether oxygens (including phenoxy) is 1. The number of benzene rings is 1. The van der Waals surface area contributed by atoms with Crippen LogP contribution < -0.4 is 5.32 Å². The molecule has 136 valence electrons. The first-order valence-electron chi connectivity index (χ1n) is 8.31. The van der Waals surface area contributed by atoms with Crippen molar-refractivity contribution in [1.82, 2.24) is 25.5 Å². The molecule has 1 aromatic carbocycles. The zero-order valence-corrected chi connectivity index (χ0v) is 14.2. The summed E-state index contributed by atoms with van der Waals surface area (Å²) in [5, 5.41) is 16.4. The maximum Gasteiger partial charge on any atom is 0.247 e. The van der Waals surface area contributed by atoms with Crippen molar-refractivity contribution in [2.24, 2.45) is 0 Å². The van der Waals surface area contributed by atoms with Gasteiger partial charge in [0, 0.05) is 18.7 Å². The Morgan fingerprint density at radius 2 is 2.19 bits per heavy atom. The molecule has 9 heteroatoms. The maximum absolute atomic E-state index is 12.5. The summed E-state index contributed by atoms with van der Waals surface area (Å²) in [6.07, 6.45) is 1.89. The number of tetrazole rings is 1. The number of hydrogen-bond donors (Lipinski definition) is 2. The lowest BCUT2D eigenvalue weighted by Crippen LogP contribution is -2.42. The minimum atomic E-state index is -0.348. The Kier molecular flexibility index (Phi) is 5.69. The highest BCUT2D eigenvalue weighted by atomic mass is 16.5. The molecule has 0 aliphatic carbocycles. The molecule has 1 aliphatic heterocycles. The van der Waals surface area contributed by atoms with Crippen molar-refractivity contribution < 1.29 is 14.3 Å². The van der Waals surface area contributed by atoms with Crippen LogP contribution in [0.25, 0.3) is 0 Å². The number of aryl methyl sites for hydroxylation is 1. The summed E-state index contributed by atoms with van der Waals surface area (Å²) in [7, 11) is 0. The van der Waals surface area contributed by atoms with Crippen LogP contribution in [-0.4, -0.2) is 57.0 Å². The second-order valence-corrected chi connectivity index (χ2v) is 5.86. The van der Waals surface area contributed by atoms with E-state index < -0.39 is 0 Å². The van der Waals surface area contributed by atoms with Gasteiger partial charge in [0.25, 0.3) is 0 Å². The Morgan fingerprint density at radius 3 is 2.88 bits per heavy atom. The molecular weight excluding hydrogens is 336 g/mol. The van der Waals surface area contributed by atoms with Gasteiger partial charge in [-0.3, -0.25) is 9.59 Å². The Morgan fingerprint density at radius 1 is 1.38 bits per heavy atom. The van der Waals surface area contributed by atoms with Crippen LogP contribution in [0.5, 0.6) is 0 Å². The van der Waals surface area contributed by atoms with E-state index in [-0.39, 0.29) is 17.9 Å². The van der Waals surface area contributed by atoms with E-state index in [1.54, 1.807) is 4.90 Å². The number of hydrogen-bond acceptors (Lipinski definition) is 6.